The largest absolute Gasteiger partial charge is 0.493 e. The van der Waals surface area contributed by atoms with E-state index in [0.29, 0.717) is 59.8 Å². The summed E-state index contributed by atoms with van der Waals surface area (Å²) in [4.78, 5) is 89.5. The maximum Gasteiger partial charge on any atom is 0.416 e. The van der Waals surface area contributed by atoms with Gasteiger partial charge in [0.05, 0.1) is 73.0 Å². The lowest BCUT2D eigenvalue weighted by molar-refractivity contribution is -0.128. The number of methoxy groups -OCH3 is 1. The third-order valence-electron chi connectivity index (χ3n) is 16.1. The second kappa shape index (κ2) is 26.8. The van der Waals surface area contributed by atoms with E-state index >= 15 is 0 Å². The SMILES string of the molecule is C=CCOC(=O)N1c2cc(OCCCOc3cc4c(cc3OC)C(=O)N3C=C(/C=C/C)C[C@H]3[C@H](C)N4C(=O)OCc3ccc(CNC(C)C(=O)N[C@H](C(C)=O)C(C)C)cc3)c(C)cc2C(=O)N2C=C(/C=C/C)C[C@H]2[C@@H]1O[Si](C)(C)C(C)(C)C. The Morgan fingerprint density at radius 2 is 1.34 bits per heavy atom. The number of carbonyl (C=O) groups excluding carboxylic acids is 6. The standard InChI is InChI=1S/C64H84N6O12Si/c1-16-20-46-30-50-42(8)69(62(75)81-38-45-24-22-44(23-25-45)35-65-41(7)58(72)66-57(39(4)5)43(9)71)51-34-56(55(77-13)32-49(51)60(74)67(50)36-46)79-28-19-27-78-54-33-52-48(29-40(54)6)59(73)68-37-47(21-17-2)31-53(68)61(70(52)63(76)80-26-18-3)82-83(14,15)64(10,11)12/h16-18,20-25,29,32-34,36-37,39,41-42,50,53,57,61,65H,3,19,26-28,30-31,35,38H2,1-2,4-15H3,(H,66,72)/b20-16+,21-17+/t41?,42-,50-,53-,57-,61-/m0/s1. The minimum atomic E-state index is -2.60. The van der Waals surface area contributed by atoms with Crippen LogP contribution < -0.4 is 34.6 Å². The highest BCUT2D eigenvalue weighted by molar-refractivity contribution is 6.74. The number of ketones is 1. The molecule has 19 heteroatoms. The number of fused-ring (bicyclic) bond motifs is 4. The zero-order valence-electron chi connectivity index (χ0n) is 50.8. The minimum absolute atomic E-state index is 0.0362. The number of hydrogen-bond donors (Lipinski definition) is 2. The van der Waals surface area contributed by atoms with Crippen molar-refractivity contribution in [2.45, 2.75) is 163 Å². The summed E-state index contributed by atoms with van der Waals surface area (Å²) in [6.45, 7) is 29.5. The van der Waals surface area contributed by atoms with Gasteiger partial charge in [0.15, 0.2) is 31.8 Å². The topological polar surface area (TPSA) is 195 Å². The number of carbonyl (C=O) groups is 6. The number of rotatable bonds is 22. The van der Waals surface area contributed by atoms with Crippen molar-refractivity contribution < 1.29 is 56.9 Å². The van der Waals surface area contributed by atoms with Gasteiger partial charge in [-0.15, -0.1) is 0 Å². The first-order valence-electron chi connectivity index (χ1n) is 28.6. The summed E-state index contributed by atoms with van der Waals surface area (Å²) in [5.74, 6) is 0.0380. The van der Waals surface area contributed by atoms with Gasteiger partial charge in [0.25, 0.3) is 11.8 Å². The lowest BCUT2D eigenvalue weighted by atomic mass is 10.0. The van der Waals surface area contributed by atoms with E-state index in [4.69, 9.17) is 28.1 Å². The Kier molecular flexibility index (Phi) is 20.4. The zero-order chi connectivity index (χ0) is 60.7. The number of amides is 5. The molecule has 18 nitrogen and oxygen atoms in total. The van der Waals surface area contributed by atoms with E-state index in [-0.39, 0.29) is 72.2 Å². The van der Waals surface area contributed by atoms with E-state index in [0.717, 1.165) is 22.3 Å². The number of ether oxygens (including phenoxy) is 5. The van der Waals surface area contributed by atoms with Gasteiger partial charge < -0.3 is 48.5 Å². The van der Waals surface area contributed by atoms with Crippen LogP contribution in [0.15, 0.2) is 109 Å². The monoisotopic (exact) mass is 1160 g/mol. The van der Waals surface area contributed by atoms with E-state index in [2.05, 4.69) is 51.1 Å². The Balaban J connectivity index is 1.10. The molecule has 0 spiro atoms. The maximum absolute atomic E-state index is 14.7. The number of benzene rings is 3. The normalized spacial score (nSPS) is 19.5. The van der Waals surface area contributed by atoms with Gasteiger partial charge >= 0.3 is 12.2 Å². The summed E-state index contributed by atoms with van der Waals surface area (Å²) in [5.41, 5.74) is 5.31. The van der Waals surface area contributed by atoms with Crippen LogP contribution >= 0.6 is 0 Å². The Morgan fingerprint density at radius 1 is 0.783 bits per heavy atom. The predicted molar refractivity (Wildman–Crippen MR) is 323 cm³/mol. The van der Waals surface area contributed by atoms with Crippen LogP contribution in [-0.2, 0) is 36.6 Å². The molecular formula is C64H84N6O12Si. The summed E-state index contributed by atoms with van der Waals surface area (Å²) in [6, 6.07) is 11.6. The molecule has 83 heavy (non-hydrogen) atoms. The number of nitrogens with zero attached hydrogens (tertiary/aromatic N) is 4. The molecule has 4 aliphatic heterocycles. The lowest BCUT2D eigenvalue weighted by Crippen LogP contribution is -2.57. The van der Waals surface area contributed by atoms with Crippen LogP contribution in [0.1, 0.15) is 126 Å². The fourth-order valence-corrected chi connectivity index (χ4v) is 11.7. The summed E-state index contributed by atoms with van der Waals surface area (Å²) in [5, 5.41) is 5.82. The molecule has 0 aliphatic carbocycles. The first-order chi connectivity index (χ1) is 39.3. The van der Waals surface area contributed by atoms with Gasteiger partial charge in [-0.1, -0.05) is 95.8 Å². The van der Waals surface area contributed by atoms with Gasteiger partial charge in [-0.05, 0) is 118 Å². The van der Waals surface area contributed by atoms with Gasteiger partial charge in [0, 0.05) is 37.5 Å². The highest BCUT2D eigenvalue weighted by Gasteiger charge is 2.51. The second-order valence-electron chi connectivity index (χ2n) is 23.5. The van der Waals surface area contributed by atoms with Gasteiger partial charge in [0.1, 0.15) is 19.0 Å². The van der Waals surface area contributed by atoms with Crippen molar-refractivity contribution in [1.29, 1.82) is 0 Å². The Bertz CT molecular complexity index is 3070. The van der Waals surface area contributed by atoms with Crippen molar-refractivity contribution in [1.82, 2.24) is 20.4 Å². The summed E-state index contributed by atoms with van der Waals surface area (Å²) < 4.78 is 37.6. The molecule has 2 N–H and O–H groups in total. The number of allylic oxidation sites excluding steroid dienone is 4. The first kappa shape index (κ1) is 63.1. The Morgan fingerprint density at radius 3 is 1.92 bits per heavy atom. The van der Waals surface area contributed by atoms with Crippen LogP contribution in [0.25, 0.3) is 0 Å². The zero-order valence-corrected chi connectivity index (χ0v) is 51.8. The van der Waals surface area contributed by atoms with Crippen molar-refractivity contribution in [3.05, 3.63) is 137 Å². The molecule has 7 rings (SSSR count). The quantitative estimate of drug-likeness (QED) is 0.0548. The smallest absolute Gasteiger partial charge is 0.416 e. The van der Waals surface area contributed by atoms with E-state index in [1.165, 1.54) is 29.9 Å². The lowest BCUT2D eigenvalue weighted by Gasteiger charge is -2.44. The molecular weight excluding hydrogens is 1070 g/mol. The number of hydrogen-bond acceptors (Lipinski definition) is 13. The Hall–Kier alpha value is -7.48. The molecule has 6 atom stereocenters. The molecule has 4 heterocycles. The van der Waals surface area contributed by atoms with Crippen LogP contribution in [0.2, 0.25) is 18.1 Å². The number of nitrogens with one attached hydrogen (secondary N) is 2. The summed E-state index contributed by atoms with van der Waals surface area (Å²) in [6.07, 6.45) is 12.0. The van der Waals surface area contributed by atoms with Crippen LogP contribution in [0.3, 0.4) is 0 Å². The predicted octanol–water partition coefficient (Wildman–Crippen LogP) is 11.4. The van der Waals surface area contributed by atoms with Gasteiger partial charge in [-0.3, -0.25) is 24.1 Å². The van der Waals surface area contributed by atoms with Crippen LogP contribution in [0, 0.1) is 12.8 Å². The van der Waals surface area contributed by atoms with Gasteiger partial charge in [-0.25, -0.2) is 14.5 Å². The number of anilines is 2. The van der Waals surface area contributed by atoms with Crippen molar-refractivity contribution in [2.24, 2.45) is 5.92 Å². The summed E-state index contributed by atoms with van der Waals surface area (Å²) >= 11 is 0. The summed E-state index contributed by atoms with van der Waals surface area (Å²) in [7, 11) is -1.12. The second-order valence-corrected chi connectivity index (χ2v) is 28.3. The number of Topliss-reactive ketones (excluding diaryl/α,β-unsaturated/α-hetero) is 1. The molecule has 3 aromatic rings. The molecule has 0 saturated carbocycles. The van der Waals surface area contributed by atoms with Crippen LogP contribution in [-0.4, -0.2) is 117 Å². The van der Waals surface area contributed by atoms with Crippen molar-refractivity contribution in [2.75, 3.05) is 36.7 Å². The van der Waals surface area contributed by atoms with E-state index in [9.17, 15) is 28.8 Å². The minimum Gasteiger partial charge on any atom is -0.493 e. The molecule has 0 radical (unpaired) electrons. The molecule has 0 bridgehead atoms. The molecule has 446 valence electrons. The van der Waals surface area contributed by atoms with E-state index in [1.54, 1.807) is 41.0 Å². The Labute approximate surface area is 490 Å². The fraction of sp³-hybridized carbons (Fsp3) is 0.469. The third-order valence-corrected chi connectivity index (χ3v) is 20.5. The molecule has 3 aromatic carbocycles. The average molecular weight is 1160 g/mol. The molecule has 4 aliphatic rings. The van der Waals surface area contributed by atoms with E-state index in [1.807, 2.05) is 103 Å². The van der Waals surface area contributed by atoms with Gasteiger partial charge in [-0.2, -0.15) is 0 Å². The van der Waals surface area contributed by atoms with Crippen LogP contribution in [0.5, 0.6) is 17.2 Å². The number of aryl methyl sites for hydroxylation is 1. The van der Waals surface area contributed by atoms with Crippen molar-refractivity contribution in [3.63, 3.8) is 0 Å². The molecule has 0 saturated heterocycles. The molecule has 0 fully saturated rings. The van der Waals surface area contributed by atoms with Crippen LogP contribution in [0.4, 0.5) is 21.0 Å². The fourth-order valence-electron chi connectivity index (χ4n) is 10.5. The molecule has 0 aromatic heterocycles. The highest BCUT2D eigenvalue weighted by Crippen LogP contribution is 2.46. The molecule has 1 unspecified atom stereocenters. The molecule has 5 amide bonds. The van der Waals surface area contributed by atoms with Crippen molar-refractivity contribution >= 4 is 55.4 Å². The average Bonchev–Trinajstić information content (AvgIpc) is 2.58. The van der Waals surface area contributed by atoms with Crippen molar-refractivity contribution in [3.8, 4) is 17.2 Å². The highest BCUT2D eigenvalue weighted by atomic mass is 28.4. The third kappa shape index (κ3) is 14.1. The van der Waals surface area contributed by atoms with E-state index < -0.39 is 56.9 Å². The maximum atomic E-state index is 14.7. The first-order valence-corrected chi connectivity index (χ1v) is 31.5. The van der Waals surface area contributed by atoms with Gasteiger partial charge in [0.2, 0.25) is 5.91 Å².